The Balaban J connectivity index is 2.84. The van der Waals surface area contributed by atoms with Gasteiger partial charge < -0.3 is 4.90 Å². The number of carbonyl (C=O) groups is 1. The Labute approximate surface area is 109 Å². The van der Waals surface area contributed by atoms with Gasteiger partial charge in [0, 0.05) is 24.4 Å². The van der Waals surface area contributed by atoms with Crippen molar-refractivity contribution in [3.05, 3.63) is 35.4 Å². The van der Waals surface area contributed by atoms with E-state index in [0.717, 1.165) is 37.1 Å². The Kier molecular flexibility index (Phi) is 6.12. The number of hydrogen-bond donors (Lipinski definition) is 1. The third kappa shape index (κ3) is 4.08. The van der Waals surface area contributed by atoms with E-state index in [9.17, 15) is 4.79 Å². The number of thiol groups is 1. The molecule has 1 aromatic rings. The van der Waals surface area contributed by atoms with E-state index in [1.165, 1.54) is 0 Å². The molecule has 1 aromatic carbocycles. The predicted octanol–water partition coefficient (Wildman–Crippen LogP) is 3.38. The zero-order valence-corrected chi connectivity index (χ0v) is 11.5. The maximum Gasteiger partial charge on any atom is 0.253 e. The average Bonchev–Trinajstić information content (AvgIpc) is 2.38. The molecule has 1 amide bonds. The van der Waals surface area contributed by atoms with Gasteiger partial charge in [-0.2, -0.15) is 12.6 Å². The molecular weight excluding hydrogens is 230 g/mol. The summed E-state index contributed by atoms with van der Waals surface area (Å²) in [5, 5.41) is 0. The van der Waals surface area contributed by atoms with E-state index in [0.29, 0.717) is 5.75 Å². The van der Waals surface area contributed by atoms with Crippen molar-refractivity contribution < 1.29 is 4.79 Å². The van der Waals surface area contributed by atoms with E-state index in [1.54, 1.807) is 0 Å². The summed E-state index contributed by atoms with van der Waals surface area (Å²) in [7, 11) is 0. The summed E-state index contributed by atoms with van der Waals surface area (Å²) in [5.41, 5.74) is 1.87. The van der Waals surface area contributed by atoms with Crippen LogP contribution in [-0.2, 0) is 5.75 Å². The minimum Gasteiger partial charge on any atom is -0.339 e. The third-order valence-electron chi connectivity index (χ3n) is 2.63. The van der Waals surface area contributed by atoms with Crippen molar-refractivity contribution in [2.75, 3.05) is 13.1 Å². The van der Waals surface area contributed by atoms with Gasteiger partial charge >= 0.3 is 0 Å². The molecule has 3 heteroatoms. The van der Waals surface area contributed by atoms with Gasteiger partial charge in [-0.25, -0.2) is 0 Å². The summed E-state index contributed by atoms with van der Waals surface area (Å²) in [6.07, 6.45) is 2.00. The van der Waals surface area contributed by atoms with Crippen LogP contribution in [0.4, 0.5) is 0 Å². The topological polar surface area (TPSA) is 20.3 Å². The highest BCUT2D eigenvalue weighted by Gasteiger charge is 2.13. The first-order chi connectivity index (χ1) is 8.22. The van der Waals surface area contributed by atoms with Crippen molar-refractivity contribution in [1.82, 2.24) is 4.90 Å². The first-order valence-corrected chi connectivity index (χ1v) is 6.85. The molecule has 0 radical (unpaired) electrons. The SMILES string of the molecule is CCCN(CCC)C(=O)c1cccc(CS)c1. The zero-order valence-electron chi connectivity index (χ0n) is 10.6. The maximum absolute atomic E-state index is 12.3. The van der Waals surface area contributed by atoms with Crippen molar-refractivity contribution in [1.29, 1.82) is 0 Å². The van der Waals surface area contributed by atoms with E-state index in [2.05, 4.69) is 26.5 Å². The Morgan fingerprint density at radius 3 is 2.41 bits per heavy atom. The molecule has 0 unspecified atom stereocenters. The van der Waals surface area contributed by atoms with Crippen LogP contribution in [0.25, 0.3) is 0 Å². The van der Waals surface area contributed by atoms with Crippen LogP contribution in [0.1, 0.15) is 42.6 Å². The largest absolute Gasteiger partial charge is 0.339 e. The Bertz CT molecular complexity index is 359. The fourth-order valence-electron chi connectivity index (χ4n) is 1.84. The maximum atomic E-state index is 12.3. The molecule has 0 aliphatic rings. The highest BCUT2D eigenvalue weighted by atomic mass is 32.1. The molecule has 2 nitrogen and oxygen atoms in total. The van der Waals surface area contributed by atoms with Crippen LogP contribution >= 0.6 is 12.6 Å². The van der Waals surface area contributed by atoms with Crippen molar-refractivity contribution in [3.8, 4) is 0 Å². The summed E-state index contributed by atoms with van der Waals surface area (Å²) < 4.78 is 0. The van der Waals surface area contributed by atoms with Gasteiger partial charge in [0.2, 0.25) is 0 Å². The molecule has 0 saturated heterocycles. The quantitative estimate of drug-likeness (QED) is 0.769. The lowest BCUT2D eigenvalue weighted by Gasteiger charge is -2.21. The fourth-order valence-corrected chi connectivity index (χ4v) is 2.04. The molecule has 0 atom stereocenters. The highest BCUT2D eigenvalue weighted by molar-refractivity contribution is 7.79. The van der Waals surface area contributed by atoms with Crippen molar-refractivity contribution in [3.63, 3.8) is 0 Å². The molecule has 0 saturated carbocycles. The van der Waals surface area contributed by atoms with Crippen molar-refractivity contribution in [2.45, 2.75) is 32.4 Å². The van der Waals surface area contributed by atoms with E-state index >= 15 is 0 Å². The second kappa shape index (κ2) is 7.38. The number of carbonyl (C=O) groups excluding carboxylic acids is 1. The van der Waals surface area contributed by atoms with Gasteiger partial charge in [-0.05, 0) is 30.5 Å². The van der Waals surface area contributed by atoms with Crippen LogP contribution in [0.2, 0.25) is 0 Å². The lowest BCUT2D eigenvalue weighted by molar-refractivity contribution is 0.0755. The Morgan fingerprint density at radius 1 is 1.24 bits per heavy atom. The molecule has 1 rings (SSSR count). The number of rotatable bonds is 6. The van der Waals surface area contributed by atoms with Gasteiger partial charge in [0.05, 0.1) is 0 Å². The van der Waals surface area contributed by atoms with Crippen molar-refractivity contribution in [2.24, 2.45) is 0 Å². The average molecular weight is 251 g/mol. The smallest absolute Gasteiger partial charge is 0.253 e. The second-order valence-electron chi connectivity index (χ2n) is 4.15. The molecule has 0 N–H and O–H groups in total. The first-order valence-electron chi connectivity index (χ1n) is 6.22. The van der Waals surface area contributed by atoms with Crippen LogP contribution in [0, 0.1) is 0 Å². The molecule has 0 aliphatic carbocycles. The molecule has 0 spiro atoms. The number of hydrogen-bond acceptors (Lipinski definition) is 2. The fraction of sp³-hybridized carbons (Fsp3) is 0.500. The van der Waals surface area contributed by atoms with Crippen LogP contribution in [0.5, 0.6) is 0 Å². The van der Waals surface area contributed by atoms with Crippen LogP contribution in [-0.4, -0.2) is 23.9 Å². The predicted molar refractivity (Wildman–Crippen MR) is 75.6 cm³/mol. The van der Waals surface area contributed by atoms with Gasteiger partial charge in [-0.1, -0.05) is 26.0 Å². The lowest BCUT2D eigenvalue weighted by Crippen LogP contribution is -2.32. The first kappa shape index (κ1) is 14.1. The molecule has 0 heterocycles. The minimum absolute atomic E-state index is 0.136. The summed E-state index contributed by atoms with van der Waals surface area (Å²) in [4.78, 5) is 14.2. The van der Waals surface area contributed by atoms with Gasteiger partial charge in [0.25, 0.3) is 5.91 Å². The van der Waals surface area contributed by atoms with Crippen LogP contribution in [0.15, 0.2) is 24.3 Å². The number of nitrogens with zero attached hydrogens (tertiary/aromatic N) is 1. The summed E-state index contributed by atoms with van der Waals surface area (Å²) in [5.74, 6) is 0.806. The monoisotopic (exact) mass is 251 g/mol. The molecule has 0 fully saturated rings. The molecule has 94 valence electrons. The highest BCUT2D eigenvalue weighted by Crippen LogP contribution is 2.11. The van der Waals surface area contributed by atoms with Gasteiger partial charge in [0.1, 0.15) is 0 Å². The van der Waals surface area contributed by atoms with Crippen LogP contribution in [0.3, 0.4) is 0 Å². The minimum atomic E-state index is 0.136. The van der Waals surface area contributed by atoms with Gasteiger partial charge in [-0.15, -0.1) is 0 Å². The summed E-state index contributed by atoms with van der Waals surface area (Å²) in [6.45, 7) is 5.86. The third-order valence-corrected chi connectivity index (χ3v) is 3.00. The van der Waals surface area contributed by atoms with E-state index in [-0.39, 0.29) is 5.91 Å². The molecule has 17 heavy (non-hydrogen) atoms. The van der Waals surface area contributed by atoms with Crippen LogP contribution < -0.4 is 0 Å². The molecule has 0 aliphatic heterocycles. The normalized spacial score (nSPS) is 10.3. The standard InChI is InChI=1S/C14H21NOS/c1-3-8-15(9-4-2)14(16)13-7-5-6-12(10-13)11-17/h5-7,10,17H,3-4,8-9,11H2,1-2H3. The number of benzene rings is 1. The molecule has 0 aromatic heterocycles. The molecule has 0 bridgehead atoms. The van der Waals surface area contributed by atoms with E-state index in [1.807, 2.05) is 29.2 Å². The summed E-state index contributed by atoms with van der Waals surface area (Å²) in [6, 6.07) is 7.74. The molecular formula is C14H21NOS. The Morgan fingerprint density at radius 2 is 1.88 bits per heavy atom. The van der Waals surface area contributed by atoms with Gasteiger partial charge in [0.15, 0.2) is 0 Å². The van der Waals surface area contributed by atoms with Crippen molar-refractivity contribution >= 4 is 18.5 Å². The Hall–Kier alpha value is -0.960. The summed E-state index contributed by atoms with van der Waals surface area (Å²) >= 11 is 4.24. The second-order valence-corrected chi connectivity index (χ2v) is 4.47. The zero-order chi connectivity index (χ0) is 12.7. The van der Waals surface area contributed by atoms with E-state index < -0.39 is 0 Å². The van der Waals surface area contributed by atoms with E-state index in [4.69, 9.17) is 0 Å². The van der Waals surface area contributed by atoms with Gasteiger partial charge in [-0.3, -0.25) is 4.79 Å². The lowest BCUT2D eigenvalue weighted by atomic mass is 10.1. The number of amides is 1.